The van der Waals surface area contributed by atoms with E-state index in [9.17, 15) is 0 Å². The van der Waals surface area contributed by atoms with E-state index in [2.05, 4.69) is 26.4 Å². The Hall–Kier alpha value is -2.85. The van der Waals surface area contributed by atoms with Gasteiger partial charge in [-0.05, 0) is 60.7 Å². The van der Waals surface area contributed by atoms with Crippen LogP contribution in [-0.2, 0) is 0 Å². The monoisotopic (exact) mass is 346 g/mol. The minimum atomic E-state index is -0.650. The normalized spacial score (nSPS) is 26.0. The molecule has 8 bridgehead atoms. The Kier molecular flexibility index (Phi) is 3.09. The van der Waals surface area contributed by atoms with Crippen molar-refractivity contribution in [2.45, 2.75) is 11.4 Å². The van der Waals surface area contributed by atoms with Gasteiger partial charge in [0.1, 0.15) is 5.00 Å². The number of aliphatic imine (C=N–C) groups is 2. The second-order valence-corrected chi connectivity index (χ2v) is 7.06. The van der Waals surface area contributed by atoms with Crippen molar-refractivity contribution in [2.24, 2.45) is 9.98 Å². The van der Waals surface area contributed by atoms with Crippen molar-refractivity contribution >= 4 is 35.2 Å². The van der Waals surface area contributed by atoms with Gasteiger partial charge in [-0.15, -0.1) is 0 Å². The summed E-state index contributed by atoms with van der Waals surface area (Å²) in [5, 5.41) is 5.37. The van der Waals surface area contributed by atoms with Gasteiger partial charge in [-0.2, -0.15) is 0 Å². The van der Waals surface area contributed by atoms with E-state index in [1.165, 1.54) is 0 Å². The molecule has 5 heterocycles. The third kappa shape index (κ3) is 2.85. The highest BCUT2D eigenvalue weighted by atomic mass is 35.5. The second-order valence-electron chi connectivity index (χ2n) is 6.39. The summed E-state index contributed by atoms with van der Waals surface area (Å²) in [5.74, 6) is 0. The molecule has 0 amide bonds. The van der Waals surface area contributed by atoms with E-state index in [1.807, 2.05) is 60.7 Å². The van der Waals surface area contributed by atoms with Crippen LogP contribution in [0.3, 0.4) is 0 Å². The molecular weight excluding hydrogens is 332 g/mol. The predicted octanol–water partition coefficient (Wildman–Crippen LogP) is 2.19. The summed E-state index contributed by atoms with van der Waals surface area (Å²) in [6.07, 6.45) is 18.8. The smallest absolute Gasteiger partial charge is 0.137 e. The van der Waals surface area contributed by atoms with Gasteiger partial charge in [0, 0.05) is 22.8 Å². The molecule has 25 heavy (non-hydrogen) atoms. The number of halogens is 1. The second kappa shape index (κ2) is 5.33. The molecule has 1 aromatic rings. The maximum Gasteiger partial charge on any atom is 0.137 e. The number of hydrogen-bond acceptors (Lipinski definition) is 3. The molecule has 5 heteroatoms. The van der Waals surface area contributed by atoms with Gasteiger partial charge in [-0.25, -0.2) is 9.98 Å². The largest absolute Gasteiger partial charge is 0.363 e. The van der Waals surface area contributed by atoms with Gasteiger partial charge in [-0.3, -0.25) is 0 Å². The third-order valence-electron chi connectivity index (χ3n) is 4.36. The van der Waals surface area contributed by atoms with Crippen LogP contribution in [0.5, 0.6) is 0 Å². The highest BCUT2D eigenvalue weighted by molar-refractivity contribution is 6.26. The van der Waals surface area contributed by atoms with Crippen molar-refractivity contribution in [1.29, 1.82) is 0 Å². The maximum atomic E-state index is 6.71. The Labute approximate surface area is 149 Å². The summed E-state index contributed by atoms with van der Waals surface area (Å²) < 4.78 is 0. The van der Waals surface area contributed by atoms with E-state index in [-0.39, 0.29) is 0 Å². The van der Waals surface area contributed by atoms with Gasteiger partial charge in [0.2, 0.25) is 0 Å². The van der Waals surface area contributed by atoms with Crippen LogP contribution >= 0.6 is 11.6 Å². The summed E-state index contributed by atoms with van der Waals surface area (Å²) >= 11 is 6.71. The first-order valence-corrected chi connectivity index (χ1v) is 8.55. The third-order valence-corrected chi connectivity index (χ3v) is 4.71. The first-order valence-electron chi connectivity index (χ1n) is 8.18. The minimum absolute atomic E-state index is 0.650. The lowest BCUT2D eigenvalue weighted by molar-refractivity contribution is 0.664. The van der Waals surface area contributed by atoms with Crippen LogP contribution in [0.15, 0.2) is 81.7 Å². The molecule has 0 aromatic carbocycles. The van der Waals surface area contributed by atoms with E-state index in [0.29, 0.717) is 6.42 Å². The SMILES string of the molecule is ClC12C=C3C=CC(=N3)C=c3ccc([nH]3)=CC3=NC(=CC(=CC1)N2)C=C3. The molecule has 0 spiro atoms. The first-order chi connectivity index (χ1) is 12.1. The van der Waals surface area contributed by atoms with Crippen LogP contribution < -0.4 is 16.0 Å². The van der Waals surface area contributed by atoms with Crippen LogP contribution in [0, 0.1) is 0 Å². The lowest BCUT2D eigenvalue weighted by Crippen LogP contribution is -2.31. The summed E-state index contributed by atoms with van der Waals surface area (Å²) in [6, 6.07) is 4.08. The van der Waals surface area contributed by atoms with E-state index in [4.69, 9.17) is 11.6 Å². The Morgan fingerprint density at radius 2 is 1.56 bits per heavy atom. The van der Waals surface area contributed by atoms with Gasteiger partial charge < -0.3 is 10.3 Å². The predicted molar refractivity (Wildman–Crippen MR) is 103 cm³/mol. The molecule has 1 atom stereocenters. The Bertz CT molecular complexity index is 1100. The standard InChI is InChI=1S/C20H15ClN4/c21-20-8-7-18(25-20)11-17-4-3-14(23-17)9-13-1-2-15(22-13)10-16-5-6-19(12-20)24-16/h1-7,9-12,22,25H,8H2. The number of aromatic nitrogens is 1. The van der Waals surface area contributed by atoms with Crippen LogP contribution in [0.2, 0.25) is 0 Å². The number of aromatic amines is 1. The van der Waals surface area contributed by atoms with Crippen molar-refractivity contribution in [3.8, 4) is 0 Å². The van der Waals surface area contributed by atoms with E-state index < -0.39 is 5.00 Å². The topological polar surface area (TPSA) is 52.5 Å². The van der Waals surface area contributed by atoms with Crippen molar-refractivity contribution in [2.75, 3.05) is 0 Å². The number of allylic oxidation sites excluding steroid dienone is 5. The molecule has 2 N–H and O–H groups in total. The van der Waals surface area contributed by atoms with Gasteiger partial charge in [0.25, 0.3) is 0 Å². The summed E-state index contributed by atoms with van der Waals surface area (Å²) in [5.41, 5.74) is 4.57. The Morgan fingerprint density at radius 3 is 2.32 bits per heavy atom. The highest BCUT2D eigenvalue weighted by Crippen LogP contribution is 2.30. The van der Waals surface area contributed by atoms with Crippen molar-refractivity contribution in [1.82, 2.24) is 10.3 Å². The van der Waals surface area contributed by atoms with Crippen molar-refractivity contribution < 1.29 is 0 Å². The van der Waals surface area contributed by atoms with Gasteiger partial charge in [0.05, 0.1) is 22.8 Å². The molecule has 0 radical (unpaired) electrons. The van der Waals surface area contributed by atoms with Crippen LogP contribution in [0.4, 0.5) is 0 Å². The molecule has 1 aromatic heterocycles. The van der Waals surface area contributed by atoms with Crippen molar-refractivity contribution in [3.63, 3.8) is 0 Å². The number of nitrogens with zero attached hydrogens (tertiary/aromatic N) is 2. The van der Waals surface area contributed by atoms with Crippen LogP contribution in [0.25, 0.3) is 12.2 Å². The molecule has 0 saturated heterocycles. The average Bonchev–Trinajstić information content (AvgIpc) is 3.32. The quantitative estimate of drug-likeness (QED) is 0.549. The Morgan fingerprint density at radius 1 is 0.880 bits per heavy atom. The Balaban J connectivity index is 1.67. The van der Waals surface area contributed by atoms with E-state index in [1.54, 1.807) is 0 Å². The van der Waals surface area contributed by atoms with Crippen LogP contribution in [-0.4, -0.2) is 21.4 Å². The molecule has 1 unspecified atom stereocenters. The zero-order valence-corrected chi connectivity index (χ0v) is 14.1. The fourth-order valence-corrected chi connectivity index (χ4v) is 3.51. The van der Waals surface area contributed by atoms with E-state index >= 15 is 0 Å². The maximum absolute atomic E-state index is 6.71. The highest BCUT2D eigenvalue weighted by Gasteiger charge is 2.29. The number of alkyl halides is 1. The lowest BCUT2D eigenvalue weighted by atomic mass is 10.2. The van der Waals surface area contributed by atoms with Gasteiger partial charge in [-0.1, -0.05) is 17.7 Å². The molecule has 0 aliphatic carbocycles. The lowest BCUT2D eigenvalue weighted by Gasteiger charge is -2.19. The molecule has 0 saturated carbocycles. The molecule has 4 aliphatic rings. The molecular formula is C20H15ClN4. The molecule has 4 nitrogen and oxygen atoms in total. The number of fused-ring (bicyclic) bond motifs is 6. The van der Waals surface area contributed by atoms with Crippen LogP contribution in [0.1, 0.15) is 6.42 Å². The first kappa shape index (κ1) is 14.5. The number of H-pyrrole nitrogens is 1. The molecule has 5 rings (SSSR count). The number of rotatable bonds is 0. The molecule has 122 valence electrons. The molecule has 4 aliphatic heterocycles. The van der Waals surface area contributed by atoms with E-state index in [0.717, 1.165) is 39.2 Å². The molecule has 0 fully saturated rings. The number of nitrogens with one attached hydrogen (secondary N) is 2. The summed E-state index contributed by atoms with van der Waals surface area (Å²) in [6.45, 7) is 0. The summed E-state index contributed by atoms with van der Waals surface area (Å²) in [4.78, 5) is 12.0. The zero-order chi connectivity index (χ0) is 16.9. The average molecular weight is 347 g/mol. The van der Waals surface area contributed by atoms with Gasteiger partial charge >= 0.3 is 0 Å². The number of hydrogen-bond donors (Lipinski definition) is 2. The fourth-order valence-electron chi connectivity index (χ4n) is 3.21. The fraction of sp³-hybridized carbons (Fsp3) is 0.100. The minimum Gasteiger partial charge on any atom is -0.363 e. The zero-order valence-electron chi connectivity index (χ0n) is 13.3. The summed E-state index contributed by atoms with van der Waals surface area (Å²) in [7, 11) is 0. The van der Waals surface area contributed by atoms with Crippen molar-refractivity contribution in [3.05, 3.63) is 82.5 Å². The van der Waals surface area contributed by atoms with Gasteiger partial charge in [0.15, 0.2) is 0 Å².